The standard InChI is InChI=1S/C20H29NO4/c1-4-5-15-6-8-16(9-7-15)10-11-17-20(25-18(22)12-21)19(23-3)14(2)13-24-17/h6-11,14,17,19-20H,4-5,12-13,21H2,1-3H3/b11-10+/t14-,17-,19-,20-/m0/s1. The molecule has 5 nitrogen and oxygen atoms in total. The van der Waals surface area contributed by atoms with E-state index >= 15 is 0 Å². The minimum Gasteiger partial charge on any atom is -0.455 e. The monoisotopic (exact) mass is 347 g/mol. The number of hydrogen-bond donors (Lipinski definition) is 1. The quantitative estimate of drug-likeness (QED) is 0.768. The van der Waals surface area contributed by atoms with Crippen molar-refractivity contribution >= 4 is 12.0 Å². The maximum absolute atomic E-state index is 11.7. The third-order valence-corrected chi connectivity index (χ3v) is 4.46. The van der Waals surface area contributed by atoms with Crippen molar-refractivity contribution in [2.24, 2.45) is 11.7 Å². The van der Waals surface area contributed by atoms with E-state index in [1.54, 1.807) is 7.11 Å². The first kappa shape index (κ1) is 19.6. The Balaban J connectivity index is 2.11. The van der Waals surface area contributed by atoms with Gasteiger partial charge in [-0.15, -0.1) is 0 Å². The molecule has 0 saturated carbocycles. The number of hydrogen-bond acceptors (Lipinski definition) is 5. The van der Waals surface area contributed by atoms with Crippen LogP contribution in [0.3, 0.4) is 0 Å². The molecule has 1 aromatic carbocycles. The lowest BCUT2D eigenvalue weighted by molar-refractivity contribution is -0.189. The summed E-state index contributed by atoms with van der Waals surface area (Å²) in [5.74, 6) is -0.314. The number of nitrogens with two attached hydrogens (primary N) is 1. The van der Waals surface area contributed by atoms with Crippen LogP contribution in [0.25, 0.3) is 6.08 Å². The van der Waals surface area contributed by atoms with Crippen molar-refractivity contribution in [1.82, 2.24) is 0 Å². The van der Waals surface area contributed by atoms with Gasteiger partial charge in [-0.3, -0.25) is 4.79 Å². The Hall–Kier alpha value is -1.69. The Bertz CT molecular complexity index is 570. The molecule has 0 amide bonds. The third-order valence-electron chi connectivity index (χ3n) is 4.46. The summed E-state index contributed by atoms with van der Waals surface area (Å²) in [6.45, 7) is 4.59. The third kappa shape index (κ3) is 5.39. The van der Waals surface area contributed by atoms with Crippen molar-refractivity contribution in [2.45, 2.75) is 45.0 Å². The predicted molar refractivity (Wildman–Crippen MR) is 98.1 cm³/mol. The van der Waals surface area contributed by atoms with Gasteiger partial charge in [0, 0.05) is 13.0 Å². The molecule has 0 aliphatic carbocycles. The largest absolute Gasteiger partial charge is 0.455 e. The number of rotatable bonds is 7. The molecule has 0 unspecified atom stereocenters. The molecule has 1 saturated heterocycles. The van der Waals surface area contributed by atoms with Gasteiger partial charge in [0.05, 0.1) is 13.2 Å². The SMILES string of the molecule is CCCc1ccc(/C=C/[C@@H]2OC[C@H](C)[C@H](OC)[C@H]2OC(=O)CN)cc1. The van der Waals surface area contributed by atoms with Gasteiger partial charge in [-0.25, -0.2) is 0 Å². The molecule has 1 aliphatic heterocycles. The van der Waals surface area contributed by atoms with Gasteiger partial charge in [-0.05, 0) is 17.5 Å². The molecule has 2 N–H and O–H groups in total. The molecular weight excluding hydrogens is 318 g/mol. The predicted octanol–water partition coefficient (Wildman–Crippen LogP) is 2.57. The van der Waals surface area contributed by atoms with Crippen molar-refractivity contribution in [3.63, 3.8) is 0 Å². The molecule has 1 heterocycles. The normalized spacial score (nSPS) is 26.7. The molecule has 1 aliphatic rings. The summed E-state index contributed by atoms with van der Waals surface area (Å²) < 4.78 is 16.9. The Morgan fingerprint density at radius 2 is 2.04 bits per heavy atom. The molecule has 4 atom stereocenters. The first-order chi connectivity index (χ1) is 12.1. The number of carbonyl (C=O) groups is 1. The van der Waals surface area contributed by atoms with E-state index in [0.717, 1.165) is 18.4 Å². The summed E-state index contributed by atoms with van der Waals surface area (Å²) in [6.07, 6.45) is 5.07. The zero-order chi connectivity index (χ0) is 18.2. The zero-order valence-electron chi connectivity index (χ0n) is 15.3. The summed E-state index contributed by atoms with van der Waals surface area (Å²) in [4.78, 5) is 11.7. The Kier molecular flexibility index (Phi) is 7.62. The Labute approximate surface area is 150 Å². The zero-order valence-corrected chi connectivity index (χ0v) is 15.3. The molecule has 1 aromatic rings. The van der Waals surface area contributed by atoms with Crippen molar-refractivity contribution < 1.29 is 19.0 Å². The Morgan fingerprint density at radius 1 is 1.32 bits per heavy atom. The van der Waals surface area contributed by atoms with E-state index in [2.05, 4.69) is 31.2 Å². The van der Waals surface area contributed by atoms with Crippen molar-refractivity contribution in [2.75, 3.05) is 20.3 Å². The van der Waals surface area contributed by atoms with E-state index in [1.807, 2.05) is 19.1 Å². The highest BCUT2D eigenvalue weighted by Crippen LogP contribution is 2.26. The number of benzene rings is 1. The highest BCUT2D eigenvalue weighted by molar-refractivity contribution is 5.71. The Morgan fingerprint density at radius 3 is 2.64 bits per heavy atom. The average molecular weight is 347 g/mol. The van der Waals surface area contributed by atoms with Crippen LogP contribution in [0.2, 0.25) is 0 Å². The van der Waals surface area contributed by atoms with Crippen LogP contribution < -0.4 is 5.73 Å². The van der Waals surface area contributed by atoms with E-state index in [4.69, 9.17) is 19.9 Å². The number of esters is 1. The van der Waals surface area contributed by atoms with E-state index < -0.39 is 12.1 Å². The number of aryl methyl sites for hydroxylation is 1. The lowest BCUT2D eigenvalue weighted by Crippen LogP contribution is -2.52. The molecule has 25 heavy (non-hydrogen) atoms. The maximum atomic E-state index is 11.7. The van der Waals surface area contributed by atoms with E-state index in [0.29, 0.717) is 6.61 Å². The van der Waals surface area contributed by atoms with Crippen molar-refractivity contribution in [1.29, 1.82) is 0 Å². The summed E-state index contributed by atoms with van der Waals surface area (Å²) >= 11 is 0. The molecule has 0 spiro atoms. The first-order valence-corrected chi connectivity index (χ1v) is 8.90. The first-order valence-electron chi connectivity index (χ1n) is 8.90. The summed E-state index contributed by atoms with van der Waals surface area (Å²) in [6, 6.07) is 8.44. The van der Waals surface area contributed by atoms with Gasteiger partial charge >= 0.3 is 5.97 Å². The van der Waals surface area contributed by atoms with E-state index in [9.17, 15) is 4.79 Å². The second-order valence-electron chi connectivity index (χ2n) is 6.48. The topological polar surface area (TPSA) is 70.8 Å². The maximum Gasteiger partial charge on any atom is 0.320 e. The second kappa shape index (κ2) is 9.70. The van der Waals surface area contributed by atoms with Gasteiger partial charge in [0.1, 0.15) is 12.2 Å². The van der Waals surface area contributed by atoms with Crippen LogP contribution in [0.4, 0.5) is 0 Å². The molecule has 2 rings (SSSR count). The molecular formula is C20H29NO4. The fourth-order valence-electron chi connectivity index (χ4n) is 3.12. The second-order valence-corrected chi connectivity index (χ2v) is 6.48. The minimum absolute atomic E-state index is 0.138. The van der Waals surface area contributed by atoms with Crippen LogP contribution in [0.5, 0.6) is 0 Å². The van der Waals surface area contributed by atoms with Crippen LogP contribution in [-0.2, 0) is 25.4 Å². The van der Waals surface area contributed by atoms with Gasteiger partial charge in [0.2, 0.25) is 0 Å². The van der Waals surface area contributed by atoms with E-state index in [1.165, 1.54) is 5.56 Å². The number of methoxy groups -OCH3 is 1. The van der Waals surface area contributed by atoms with Crippen LogP contribution in [0, 0.1) is 5.92 Å². The smallest absolute Gasteiger partial charge is 0.320 e. The fraction of sp³-hybridized carbons (Fsp3) is 0.550. The lowest BCUT2D eigenvalue weighted by Gasteiger charge is -2.39. The van der Waals surface area contributed by atoms with Crippen LogP contribution in [0.15, 0.2) is 30.3 Å². The molecule has 0 radical (unpaired) electrons. The molecule has 1 fully saturated rings. The molecule has 0 aromatic heterocycles. The molecule has 0 bridgehead atoms. The minimum atomic E-state index is -0.500. The van der Waals surface area contributed by atoms with Gasteiger partial charge in [-0.2, -0.15) is 0 Å². The van der Waals surface area contributed by atoms with Gasteiger partial charge in [0.25, 0.3) is 0 Å². The van der Waals surface area contributed by atoms with Crippen molar-refractivity contribution in [3.8, 4) is 0 Å². The highest BCUT2D eigenvalue weighted by atomic mass is 16.6. The van der Waals surface area contributed by atoms with Gasteiger partial charge in [-0.1, -0.05) is 56.7 Å². The summed E-state index contributed by atoms with van der Waals surface area (Å²) in [5, 5.41) is 0. The molecule has 5 heteroatoms. The highest BCUT2D eigenvalue weighted by Gasteiger charge is 2.40. The van der Waals surface area contributed by atoms with Gasteiger partial charge in [0.15, 0.2) is 6.10 Å². The van der Waals surface area contributed by atoms with Crippen LogP contribution >= 0.6 is 0 Å². The van der Waals surface area contributed by atoms with Crippen LogP contribution in [0.1, 0.15) is 31.4 Å². The lowest BCUT2D eigenvalue weighted by atomic mass is 9.92. The number of ether oxygens (including phenoxy) is 3. The molecule has 138 valence electrons. The number of carbonyl (C=O) groups excluding carboxylic acids is 1. The van der Waals surface area contributed by atoms with Crippen molar-refractivity contribution in [3.05, 3.63) is 41.5 Å². The summed E-state index contributed by atoms with van der Waals surface area (Å²) in [5.41, 5.74) is 7.80. The van der Waals surface area contributed by atoms with Crippen LogP contribution in [-0.4, -0.2) is 44.5 Å². The fourth-order valence-corrected chi connectivity index (χ4v) is 3.12. The summed E-state index contributed by atoms with van der Waals surface area (Å²) in [7, 11) is 1.63. The van der Waals surface area contributed by atoms with E-state index in [-0.39, 0.29) is 24.7 Å². The average Bonchev–Trinajstić information content (AvgIpc) is 2.62. The van der Waals surface area contributed by atoms with Gasteiger partial charge < -0.3 is 19.9 Å².